The van der Waals surface area contributed by atoms with Gasteiger partial charge >= 0.3 is 0 Å². The van der Waals surface area contributed by atoms with E-state index in [-0.39, 0.29) is 23.8 Å². The van der Waals surface area contributed by atoms with Crippen LogP contribution in [0.15, 0.2) is 59.9 Å². The van der Waals surface area contributed by atoms with E-state index in [1.807, 2.05) is 6.26 Å². The van der Waals surface area contributed by atoms with Crippen LogP contribution >= 0.6 is 23.4 Å². The van der Waals surface area contributed by atoms with E-state index in [4.69, 9.17) is 11.6 Å². The molecular weight excluding hydrogens is 403 g/mol. The molecule has 2 amide bonds. The molecule has 0 spiro atoms. The molecule has 1 heterocycles. The summed E-state index contributed by atoms with van der Waals surface area (Å²) in [6.45, 7) is 0. The number of carbonyl (C=O) groups is 2. The Morgan fingerprint density at radius 2 is 1.79 bits per heavy atom. The largest absolute Gasteiger partial charge is 0.288 e. The van der Waals surface area contributed by atoms with Crippen LogP contribution in [0.5, 0.6) is 0 Å². The quantitative estimate of drug-likeness (QED) is 0.492. The lowest BCUT2D eigenvalue weighted by molar-refractivity contribution is -0.121. The zero-order valence-electron chi connectivity index (χ0n) is 14.8. The first kappa shape index (κ1) is 19.9. The molecule has 2 aromatic carbocycles. The summed E-state index contributed by atoms with van der Waals surface area (Å²) in [5.74, 6) is -1.30. The molecule has 3 rings (SSSR count). The van der Waals surface area contributed by atoms with E-state index >= 15 is 0 Å². The smallest absolute Gasteiger partial charge is 0.283 e. The van der Waals surface area contributed by atoms with Gasteiger partial charge in [0, 0.05) is 10.7 Å². The Morgan fingerprint density at radius 3 is 2.43 bits per heavy atom. The number of carbonyl (C=O) groups excluding carboxylic acids is 2. The summed E-state index contributed by atoms with van der Waals surface area (Å²) in [7, 11) is 0. The van der Waals surface area contributed by atoms with Crippen LogP contribution in [0, 0.1) is 5.82 Å². The van der Waals surface area contributed by atoms with Gasteiger partial charge in [0.2, 0.25) is 5.91 Å². The van der Waals surface area contributed by atoms with Crippen molar-refractivity contribution in [2.45, 2.75) is 11.6 Å². The highest BCUT2D eigenvalue weighted by molar-refractivity contribution is 7.98. The predicted molar refractivity (Wildman–Crippen MR) is 106 cm³/mol. The average Bonchev–Trinajstić information content (AvgIpc) is 3.13. The molecule has 0 fully saturated rings. The third kappa shape index (κ3) is 4.71. The Labute approximate surface area is 170 Å². The first-order valence-electron chi connectivity index (χ1n) is 8.19. The van der Waals surface area contributed by atoms with Crippen LogP contribution in [0.25, 0.3) is 5.69 Å². The summed E-state index contributed by atoms with van der Waals surface area (Å²) in [6.07, 6.45) is 3.30. The first-order chi connectivity index (χ1) is 13.5. The molecule has 0 saturated heterocycles. The number of hydrogen-bond acceptors (Lipinski definition) is 4. The second-order valence-corrected chi connectivity index (χ2v) is 6.96. The van der Waals surface area contributed by atoms with Gasteiger partial charge in [-0.2, -0.15) is 0 Å². The second kappa shape index (κ2) is 8.90. The van der Waals surface area contributed by atoms with Gasteiger partial charge in [-0.05, 0) is 48.2 Å². The Bertz CT molecular complexity index is 990. The Kier molecular flexibility index (Phi) is 6.33. The number of imidazole rings is 1. The molecule has 0 radical (unpaired) electrons. The highest BCUT2D eigenvalue weighted by atomic mass is 35.5. The zero-order chi connectivity index (χ0) is 20.1. The van der Waals surface area contributed by atoms with Crippen LogP contribution in [0.2, 0.25) is 5.02 Å². The topological polar surface area (TPSA) is 76.0 Å². The molecule has 0 unspecified atom stereocenters. The first-order valence-corrected chi connectivity index (χ1v) is 9.79. The highest BCUT2D eigenvalue weighted by Gasteiger charge is 2.18. The minimum Gasteiger partial charge on any atom is -0.283 e. The maximum atomic E-state index is 13.2. The number of hydrazine groups is 1. The standard InChI is InChI=1S/C19H16ClFN4O2S/c1-28-19-22-11-16(25(19)15-8-6-14(21)7-9-15)18(27)24-23-17(26)10-12-2-4-13(20)5-3-12/h2-9,11H,10H2,1H3,(H,23,26)(H,24,27). The van der Waals surface area contributed by atoms with Crippen molar-refractivity contribution >= 4 is 35.2 Å². The fourth-order valence-corrected chi connectivity index (χ4v) is 3.17. The maximum absolute atomic E-state index is 13.2. The fraction of sp³-hybridized carbons (Fsp3) is 0.105. The van der Waals surface area contributed by atoms with Crippen LogP contribution < -0.4 is 10.9 Å². The third-order valence-corrected chi connectivity index (χ3v) is 4.73. The fourth-order valence-electron chi connectivity index (χ4n) is 2.50. The van der Waals surface area contributed by atoms with E-state index < -0.39 is 5.91 Å². The number of nitrogens with zero attached hydrogens (tertiary/aromatic N) is 2. The zero-order valence-corrected chi connectivity index (χ0v) is 16.4. The number of amides is 2. The van der Waals surface area contributed by atoms with Crippen molar-refractivity contribution < 1.29 is 14.0 Å². The van der Waals surface area contributed by atoms with Crippen LogP contribution in [-0.4, -0.2) is 27.6 Å². The van der Waals surface area contributed by atoms with E-state index in [1.165, 1.54) is 30.1 Å². The van der Waals surface area contributed by atoms with Gasteiger partial charge in [-0.15, -0.1) is 0 Å². The van der Waals surface area contributed by atoms with Crippen LogP contribution in [-0.2, 0) is 11.2 Å². The number of halogens is 2. The second-order valence-electron chi connectivity index (χ2n) is 5.75. The summed E-state index contributed by atoms with van der Waals surface area (Å²) in [5.41, 5.74) is 6.32. The van der Waals surface area contributed by atoms with Gasteiger partial charge in [-0.25, -0.2) is 9.37 Å². The minimum atomic E-state index is -0.540. The molecule has 0 aliphatic rings. The molecule has 1 aromatic heterocycles. The van der Waals surface area contributed by atoms with E-state index in [2.05, 4.69) is 15.8 Å². The summed E-state index contributed by atoms with van der Waals surface area (Å²) < 4.78 is 14.8. The molecule has 3 aromatic rings. The lowest BCUT2D eigenvalue weighted by Crippen LogP contribution is -2.43. The lowest BCUT2D eigenvalue weighted by atomic mass is 10.1. The molecule has 6 nitrogen and oxygen atoms in total. The van der Waals surface area contributed by atoms with E-state index in [0.717, 1.165) is 5.56 Å². The molecule has 28 heavy (non-hydrogen) atoms. The van der Waals surface area contributed by atoms with E-state index in [9.17, 15) is 14.0 Å². The molecule has 0 aliphatic carbocycles. The van der Waals surface area contributed by atoms with E-state index in [0.29, 0.717) is 15.9 Å². The van der Waals surface area contributed by atoms with Gasteiger partial charge in [0.15, 0.2) is 5.16 Å². The third-order valence-electron chi connectivity index (χ3n) is 3.82. The minimum absolute atomic E-state index is 0.0880. The van der Waals surface area contributed by atoms with E-state index in [1.54, 1.807) is 41.0 Å². The molecule has 2 N–H and O–H groups in total. The van der Waals surface area contributed by atoms with Crippen molar-refractivity contribution in [1.82, 2.24) is 20.4 Å². The number of aromatic nitrogens is 2. The van der Waals surface area contributed by atoms with Crippen molar-refractivity contribution in [2.24, 2.45) is 0 Å². The van der Waals surface area contributed by atoms with Crippen LogP contribution in [0.4, 0.5) is 4.39 Å². The number of nitrogens with one attached hydrogen (secondary N) is 2. The normalized spacial score (nSPS) is 10.5. The van der Waals surface area contributed by atoms with Gasteiger partial charge in [0.25, 0.3) is 5.91 Å². The van der Waals surface area contributed by atoms with Crippen molar-refractivity contribution in [3.8, 4) is 5.69 Å². The summed E-state index contributed by atoms with van der Waals surface area (Å²) in [5, 5.41) is 1.14. The Balaban J connectivity index is 1.70. The number of hydrogen-bond donors (Lipinski definition) is 2. The van der Waals surface area contributed by atoms with Gasteiger partial charge < -0.3 is 0 Å². The summed E-state index contributed by atoms with van der Waals surface area (Å²) in [6, 6.07) is 12.5. The number of rotatable bonds is 5. The molecule has 0 atom stereocenters. The number of thioether (sulfide) groups is 1. The van der Waals surface area contributed by atoms with Crippen molar-refractivity contribution in [2.75, 3.05) is 6.26 Å². The van der Waals surface area contributed by atoms with Crippen molar-refractivity contribution in [1.29, 1.82) is 0 Å². The van der Waals surface area contributed by atoms with Crippen LogP contribution in [0.3, 0.4) is 0 Å². The van der Waals surface area contributed by atoms with Crippen molar-refractivity contribution in [3.63, 3.8) is 0 Å². The Morgan fingerprint density at radius 1 is 1.11 bits per heavy atom. The monoisotopic (exact) mass is 418 g/mol. The summed E-state index contributed by atoms with van der Waals surface area (Å²) in [4.78, 5) is 28.8. The van der Waals surface area contributed by atoms with Crippen LogP contribution in [0.1, 0.15) is 16.1 Å². The molecule has 0 saturated carbocycles. The molecule has 9 heteroatoms. The molecular formula is C19H16ClFN4O2S. The maximum Gasteiger partial charge on any atom is 0.288 e. The number of benzene rings is 2. The van der Waals surface area contributed by atoms with Gasteiger partial charge in [0.05, 0.1) is 12.6 Å². The highest BCUT2D eigenvalue weighted by Crippen LogP contribution is 2.22. The predicted octanol–water partition coefficient (Wildman–Crippen LogP) is 3.39. The van der Waals surface area contributed by atoms with Gasteiger partial charge in [-0.3, -0.25) is 25.0 Å². The molecule has 144 valence electrons. The Hall–Kier alpha value is -2.84. The van der Waals surface area contributed by atoms with Gasteiger partial charge in [-0.1, -0.05) is 35.5 Å². The van der Waals surface area contributed by atoms with Gasteiger partial charge in [0.1, 0.15) is 11.5 Å². The van der Waals surface area contributed by atoms with Crippen molar-refractivity contribution in [3.05, 3.63) is 76.8 Å². The lowest BCUT2D eigenvalue weighted by Gasteiger charge is -2.12. The summed E-state index contributed by atoms with van der Waals surface area (Å²) >= 11 is 7.16. The SMILES string of the molecule is CSc1ncc(C(=O)NNC(=O)Cc2ccc(Cl)cc2)n1-c1ccc(F)cc1. The molecule has 0 bridgehead atoms. The molecule has 0 aliphatic heterocycles. The average molecular weight is 419 g/mol.